The molecule has 0 atom stereocenters. The van der Waals surface area contributed by atoms with Crippen molar-refractivity contribution >= 4 is 11.7 Å². The molecule has 0 radical (unpaired) electrons. The van der Waals surface area contributed by atoms with E-state index in [-0.39, 0.29) is 24.3 Å². The van der Waals surface area contributed by atoms with Crippen LogP contribution in [0.5, 0.6) is 0 Å². The Morgan fingerprint density at radius 3 is 2.76 bits per heavy atom. The lowest BCUT2D eigenvalue weighted by molar-refractivity contribution is -0.384. The molecule has 2 amide bonds. The Morgan fingerprint density at radius 1 is 1.47 bits per heavy atom. The van der Waals surface area contributed by atoms with Gasteiger partial charge < -0.3 is 10.6 Å². The van der Waals surface area contributed by atoms with E-state index in [1.54, 1.807) is 12.1 Å². The summed E-state index contributed by atoms with van der Waals surface area (Å²) in [7, 11) is 0. The van der Waals surface area contributed by atoms with Gasteiger partial charge in [-0.25, -0.2) is 4.79 Å². The number of benzene rings is 1. The molecule has 17 heavy (non-hydrogen) atoms. The summed E-state index contributed by atoms with van der Waals surface area (Å²) >= 11 is 0. The van der Waals surface area contributed by atoms with Crippen LogP contribution in [0.3, 0.4) is 0 Å². The Labute approximate surface area is 99.2 Å². The highest BCUT2D eigenvalue weighted by atomic mass is 16.6. The van der Waals surface area contributed by atoms with Gasteiger partial charge in [-0.1, -0.05) is 12.1 Å². The summed E-state index contributed by atoms with van der Waals surface area (Å²) in [5, 5.41) is 15.8. The van der Waals surface area contributed by atoms with Gasteiger partial charge in [0.15, 0.2) is 0 Å². The van der Waals surface area contributed by atoms with Crippen molar-refractivity contribution < 1.29 is 9.72 Å². The molecular formula is C11H15N3O3. The number of urea groups is 1. The fourth-order valence-corrected chi connectivity index (χ4v) is 1.28. The number of nitrogens with one attached hydrogen (secondary N) is 2. The first-order valence-corrected chi connectivity index (χ1v) is 5.26. The van der Waals surface area contributed by atoms with Gasteiger partial charge in [0.25, 0.3) is 5.69 Å². The van der Waals surface area contributed by atoms with Crippen molar-refractivity contribution in [3.8, 4) is 0 Å². The van der Waals surface area contributed by atoms with Crippen molar-refractivity contribution in [2.75, 3.05) is 0 Å². The Kier molecular flexibility index (Phi) is 4.45. The Bertz CT molecular complexity index is 418. The molecule has 1 rings (SSSR count). The van der Waals surface area contributed by atoms with Crippen LogP contribution in [-0.2, 0) is 6.54 Å². The van der Waals surface area contributed by atoms with Crippen LogP contribution in [0.15, 0.2) is 24.3 Å². The molecule has 6 heteroatoms. The van der Waals surface area contributed by atoms with Crippen molar-refractivity contribution in [2.24, 2.45) is 0 Å². The smallest absolute Gasteiger partial charge is 0.315 e. The Morgan fingerprint density at radius 2 is 2.18 bits per heavy atom. The molecular weight excluding hydrogens is 222 g/mol. The standard InChI is InChI=1S/C11H15N3O3/c1-8(2)13-11(15)12-7-9-4-3-5-10(6-9)14(16)17/h3-6,8H,7H2,1-2H3,(H2,12,13,15). The number of carbonyl (C=O) groups excluding carboxylic acids is 1. The van der Waals surface area contributed by atoms with Gasteiger partial charge in [0.05, 0.1) is 4.92 Å². The van der Waals surface area contributed by atoms with E-state index >= 15 is 0 Å². The van der Waals surface area contributed by atoms with Gasteiger partial charge >= 0.3 is 6.03 Å². The predicted octanol–water partition coefficient (Wildman–Crippen LogP) is 1.80. The number of carbonyl (C=O) groups is 1. The molecule has 0 unspecified atom stereocenters. The summed E-state index contributed by atoms with van der Waals surface area (Å²) in [5.74, 6) is 0. The second kappa shape index (κ2) is 5.83. The van der Waals surface area contributed by atoms with Crippen molar-refractivity contribution in [3.05, 3.63) is 39.9 Å². The summed E-state index contributed by atoms with van der Waals surface area (Å²) in [6.45, 7) is 3.97. The van der Waals surface area contributed by atoms with E-state index in [1.807, 2.05) is 13.8 Å². The number of hydrogen-bond acceptors (Lipinski definition) is 3. The maximum absolute atomic E-state index is 11.3. The summed E-state index contributed by atoms with van der Waals surface area (Å²) in [6.07, 6.45) is 0. The van der Waals surface area contributed by atoms with Gasteiger partial charge in [-0.2, -0.15) is 0 Å². The monoisotopic (exact) mass is 237 g/mol. The average molecular weight is 237 g/mol. The molecule has 6 nitrogen and oxygen atoms in total. The molecule has 0 aromatic heterocycles. The lowest BCUT2D eigenvalue weighted by Crippen LogP contribution is -2.39. The van der Waals surface area contributed by atoms with E-state index in [2.05, 4.69) is 10.6 Å². The van der Waals surface area contributed by atoms with Crippen LogP contribution in [0.1, 0.15) is 19.4 Å². The van der Waals surface area contributed by atoms with E-state index in [0.29, 0.717) is 5.56 Å². The van der Waals surface area contributed by atoms with E-state index in [1.165, 1.54) is 12.1 Å². The fourth-order valence-electron chi connectivity index (χ4n) is 1.28. The number of hydrogen-bond donors (Lipinski definition) is 2. The van der Waals surface area contributed by atoms with Gasteiger partial charge in [-0.15, -0.1) is 0 Å². The second-order valence-electron chi connectivity index (χ2n) is 3.91. The molecule has 0 fully saturated rings. The third-order valence-electron chi connectivity index (χ3n) is 1.99. The highest BCUT2D eigenvalue weighted by Crippen LogP contribution is 2.12. The Hall–Kier alpha value is -2.11. The number of nitro groups is 1. The van der Waals surface area contributed by atoms with Crippen molar-refractivity contribution in [1.82, 2.24) is 10.6 Å². The first-order chi connectivity index (χ1) is 7.99. The third-order valence-corrected chi connectivity index (χ3v) is 1.99. The molecule has 0 heterocycles. The van der Waals surface area contributed by atoms with Crippen LogP contribution < -0.4 is 10.6 Å². The van der Waals surface area contributed by atoms with Gasteiger partial charge in [0.1, 0.15) is 0 Å². The van der Waals surface area contributed by atoms with Gasteiger partial charge in [0.2, 0.25) is 0 Å². The Balaban J connectivity index is 2.54. The van der Waals surface area contributed by atoms with Crippen LogP contribution in [-0.4, -0.2) is 17.0 Å². The second-order valence-corrected chi connectivity index (χ2v) is 3.91. The van der Waals surface area contributed by atoms with E-state index in [9.17, 15) is 14.9 Å². The molecule has 0 spiro atoms. The first kappa shape index (κ1) is 13.0. The van der Waals surface area contributed by atoms with Crippen molar-refractivity contribution in [1.29, 1.82) is 0 Å². The number of non-ortho nitro benzene ring substituents is 1. The van der Waals surface area contributed by atoms with Crippen LogP contribution in [0.4, 0.5) is 10.5 Å². The van der Waals surface area contributed by atoms with Gasteiger partial charge in [0, 0.05) is 24.7 Å². The maximum atomic E-state index is 11.3. The minimum atomic E-state index is -0.461. The van der Waals surface area contributed by atoms with Gasteiger partial charge in [-0.3, -0.25) is 10.1 Å². The van der Waals surface area contributed by atoms with E-state index in [0.717, 1.165) is 0 Å². The highest BCUT2D eigenvalue weighted by molar-refractivity contribution is 5.74. The molecule has 1 aromatic carbocycles. The fraction of sp³-hybridized carbons (Fsp3) is 0.364. The molecule has 2 N–H and O–H groups in total. The molecule has 0 aliphatic rings. The SMILES string of the molecule is CC(C)NC(=O)NCc1cccc([N+](=O)[O-])c1. The van der Waals surface area contributed by atoms with Crippen LogP contribution in [0.2, 0.25) is 0 Å². The largest absolute Gasteiger partial charge is 0.336 e. The summed E-state index contributed by atoms with van der Waals surface area (Å²) in [6, 6.07) is 5.94. The van der Waals surface area contributed by atoms with E-state index in [4.69, 9.17) is 0 Å². The van der Waals surface area contributed by atoms with Crippen LogP contribution >= 0.6 is 0 Å². The van der Waals surface area contributed by atoms with Gasteiger partial charge in [-0.05, 0) is 19.4 Å². The number of nitrogens with zero attached hydrogens (tertiary/aromatic N) is 1. The number of nitro benzene ring substituents is 1. The molecule has 0 aliphatic heterocycles. The summed E-state index contributed by atoms with van der Waals surface area (Å²) in [5.41, 5.74) is 0.715. The highest BCUT2D eigenvalue weighted by Gasteiger charge is 2.06. The summed E-state index contributed by atoms with van der Waals surface area (Å²) in [4.78, 5) is 21.4. The zero-order chi connectivity index (χ0) is 12.8. The predicted molar refractivity (Wildman–Crippen MR) is 63.6 cm³/mol. The van der Waals surface area contributed by atoms with Crippen molar-refractivity contribution in [2.45, 2.75) is 26.4 Å². The lowest BCUT2D eigenvalue weighted by atomic mass is 10.2. The number of rotatable bonds is 4. The quantitative estimate of drug-likeness (QED) is 0.618. The summed E-state index contributed by atoms with van der Waals surface area (Å²) < 4.78 is 0. The molecule has 0 bridgehead atoms. The number of amides is 2. The zero-order valence-electron chi connectivity index (χ0n) is 9.77. The minimum Gasteiger partial charge on any atom is -0.336 e. The van der Waals surface area contributed by atoms with Crippen molar-refractivity contribution in [3.63, 3.8) is 0 Å². The zero-order valence-corrected chi connectivity index (χ0v) is 9.77. The average Bonchev–Trinajstić information content (AvgIpc) is 2.26. The maximum Gasteiger partial charge on any atom is 0.315 e. The van der Waals surface area contributed by atoms with E-state index < -0.39 is 4.92 Å². The van der Waals surface area contributed by atoms with Crippen LogP contribution in [0.25, 0.3) is 0 Å². The molecule has 0 saturated heterocycles. The molecule has 92 valence electrons. The molecule has 1 aromatic rings. The topological polar surface area (TPSA) is 84.3 Å². The normalized spacial score (nSPS) is 10.1. The molecule has 0 saturated carbocycles. The lowest BCUT2D eigenvalue weighted by Gasteiger charge is -2.09. The first-order valence-electron chi connectivity index (χ1n) is 5.26. The third kappa shape index (κ3) is 4.50. The minimum absolute atomic E-state index is 0.0218. The molecule has 0 aliphatic carbocycles. The van der Waals surface area contributed by atoms with Crippen LogP contribution in [0, 0.1) is 10.1 Å².